The molecule has 0 bridgehead atoms. The first-order valence-electron chi connectivity index (χ1n) is 7.26. The van der Waals surface area contributed by atoms with Gasteiger partial charge in [0.15, 0.2) is 0 Å². The Kier molecular flexibility index (Phi) is 5.44. The largest absolute Gasteiger partial charge is 0.444 e. The summed E-state index contributed by atoms with van der Waals surface area (Å²) in [6.45, 7) is 12.0. The highest BCUT2D eigenvalue weighted by Crippen LogP contribution is 2.31. The zero-order valence-electron chi connectivity index (χ0n) is 13.9. The third-order valence-corrected chi connectivity index (χ3v) is 3.47. The number of rotatable bonds is 4. The Bertz CT molecular complexity index is 335. The Morgan fingerprint density at radius 2 is 2.05 bits per heavy atom. The number of carbonyl (C=O) groups is 1. The Labute approximate surface area is 122 Å². The second-order valence-corrected chi connectivity index (χ2v) is 6.89. The van der Waals surface area contributed by atoms with Crippen LogP contribution in [0.5, 0.6) is 0 Å². The van der Waals surface area contributed by atoms with E-state index in [1.165, 1.54) is 0 Å². The predicted octanol–water partition coefficient (Wildman–Crippen LogP) is 3.17. The van der Waals surface area contributed by atoms with Gasteiger partial charge in [0.05, 0.1) is 18.8 Å². The van der Waals surface area contributed by atoms with Crippen molar-refractivity contribution in [3.8, 4) is 0 Å². The standard InChI is InChI=1S/C15H29NO4/c1-11(18-7)8-9-12-10-19-15(5,6)16(12)13(17)20-14(2,3)4/h11-12H,8-10H2,1-7H3/t11?,12-/m0/s1. The van der Waals surface area contributed by atoms with Crippen LogP contribution in [0.25, 0.3) is 0 Å². The van der Waals surface area contributed by atoms with Gasteiger partial charge in [-0.25, -0.2) is 4.79 Å². The fraction of sp³-hybridized carbons (Fsp3) is 0.933. The molecule has 1 aliphatic rings. The van der Waals surface area contributed by atoms with E-state index in [4.69, 9.17) is 14.2 Å². The van der Waals surface area contributed by atoms with Crippen molar-refractivity contribution >= 4 is 6.09 Å². The van der Waals surface area contributed by atoms with Crippen molar-refractivity contribution in [3.63, 3.8) is 0 Å². The molecule has 20 heavy (non-hydrogen) atoms. The van der Waals surface area contributed by atoms with E-state index in [2.05, 4.69) is 0 Å². The summed E-state index contributed by atoms with van der Waals surface area (Å²) in [6, 6.07) is 0.0393. The summed E-state index contributed by atoms with van der Waals surface area (Å²) in [4.78, 5) is 14.1. The highest BCUT2D eigenvalue weighted by Gasteiger charge is 2.45. The van der Waals surface area contributed by atoms with Gasteiger partial charge in [-0.1, -0.05) is 0 Å². The molecule has 1 rings (SSSR count). The van der Waals surface area contributed by atoms with Crippen LogP contribution in [0.4, 0.5) is 4.79 Å². The first kappa shape index (κ1) is 17.2. The maximum Gasteiger partial charge on any atom is 0.412 e. The lowest BCUT2D eigenvalue weighted by molar-refractivity contribution is -0.0630. The van der Waals surface area contributed by atoms with Crippen LogP contribution in [0.15, 0.2) is 0 Å². The number of ether oxygens (including phenoxy) is 3. The van der Waals surface area contributed by atoms with Gasteiger partial charge in [-0.3, -0.25) is 4.90 Å². The van der Waals surface area contributed by atoms with Crippen molar-refractivity contribution in [1.29, 1.82) is 0 Å². The molecule has 0 aliphatic carbocycles. The van der Waals surface area contributed by atoms with Gasteiger partial charge in [0.25, 0.3) is 0 Å². The molecule has 1 fully saturated rings. The van der Waals surface area contributed by atoms with Crippen molar-refractivity contribution in [3.05, 3.63) is 0 Å². The number of amides is 1. The molecule has 0 aromatic heterocycles. The van der Waals surface area contributed by atoms with E-state index in [1.807, 2.05) is 41.5 Å². The van der Waals surface area contributed by atoms with Gasteiger partial charge in [0, 0.05) is 7.11 Å². The molecule has 0 saturated carbocycles. The lowest BCUT2D eigenvalue weighted by Gasteiger charge is -2.35. The molecule has 1 heterocycles. The number of methoxy groups -OCH3 is 1. The van der Waals surface area contributed by atoms with Gasteiger partial charge in [0.1, 0.15) is 11.3 Å². The van der Waals surface area contributed by atoms with Crippen LogP contribution in [0.3, 0.4) is 0 Å². The first-order valence-corrected chi connectivity index (χ1v) is 7.26. The summed E-state index contributed by atoms with van der Waals surface area (Å²) in [5, 5.41) is 0. The van der Waals surface area contributed by atoms with Crippen LogP contribution < -0.4 is 0 Å². The Balaban J connectivity index is 2.72. The molecule has 0 N–H and O–H groups in total. The fourth-order valence-electron chi connectivity index (χ4n) is 2.32. The highest BCUT2D eigenvalue weighted by atomic mass is 16.6. The lowest BCUT2D eigenvalue weighted by atomic mass is 10.1. The second-order valence-electron chi connectivity index (χ2n) is 6.89. The van der Waals surface area contributed by atoms with E-state index in [-0.39, 0.29) is 18.2 Å². The summed E-state index contributed by atoms with van der Waals surface area (Å²) in [5.74, 6) is 0. The first-order chi connectivity index (χ1) is 9.07. The van der Waals surface area contributed by atoms with Crippen LogP contribution in [-0.4, -0.2) is 48.2 Å². The van der Waals surface area contributed by atoms with E-state index in [1.54, 1.807) is 12.0 Å². The van der Waals surface area contributed by atoms with E-state index in [0.29, 0.717) is 6.61 Å². The Morgan fingerprint density at radius 3 is 2.55 bits per heavy atom. The van der Waals surface area contributed by atoms with Crippen molar-refractivity contribution in [1.82, 2.24) is 4.90 Å². The molecule has 5 nitrogen and oxygen atoms in total. The molecule has 1 unspecified atom stereocenters. The average Bonchev–Trinajstić information content (AvgIpc) is 2.59. The number of carbonyl (C=O) groups excluding carboxylic acids is 1. The van der Waals surface area contributed by atoms with E-state index in [0.717, 1.165) is 12.8 Å². The molecule has 5 heteroatoms. The SMILES string of the molecule is COC(C)CC[C@H]1COC(C)(C)N1C(=O)OC(C)(C)C. The monoisotopic (exact) mass is 287 g/mol. The minimum atomic E-state index is -0.622. The molecular formula is C15H29NO4. The smallest absolute Gasteiger partial charge is 0.412 e. The van der Waals surface area contributed by atoms with Crippen molar-refractivity contribution in [2.75, 3.05) is 13.7 Å². The van der Waals surface area contributed by atoms with Crippen molar-refractivity contribution < 1.29 is 19.0 Å². The molecule has 0 radical (unpaired) electrons. The molecule has 1 aliphatic heterocycles. The number of nitrogens with zero attached hydrogens (tertiary/aromatic N) is 1. The quantitative estimate of drug-likeness (QED) is 0.797. The molecular weight excluding hydrogens is 258 g/mol. The minimum absolute atomic E-state index is 0.0393. The molecule has 1 amide bonds. The van der Waals surface area contributed by atoms with Gasteiger partial charge in [0.2, 0.25) is 0 Å². The third-order valence-electron chi connectivity index (χ3n) is 3.47. The number of hydrogen-bond acceptors (Lipinski definition) is 4. The van der Waals surface area contributed by atoms with Crippen LogP contribution in [0, 0.1) is 0 Å². The van der Waals surface area contributed by atoms with Crippen LogP contribution in [0.1, 0.15) is 54.4 Å². The van der Waals surface area contributed by atoms with Crippen LogP contribution in [0.2, 0.25) is 0 Å². The van der Waals surface area contributed by atoms with E-state index in [9.17, 15) is 4.79 Å². The molecule has 0 aromatic carbocycles. The lowest BCUT2D eigenvalue weighted by Crippen LogP contribution is -2.49. The van der Waals surface area contributed by atoms with E-state index < -0.39 is 11.3 Å². The summed E-state index contributed by atoms with van der Waals surface area (Å²) in [6.07, 6.45) is 1.60. The van der Waals surface area contributed by atoms with Gasteiger partial charge in [-0.2, -0.15) is 0 Å². The van der Waals surface area contributed by atoms with Gasteiger partial charge in [-0.15, -0.1) is 0 Å². The molecule has 2 atom stereocenters. The molecule has 1 saturated heterocycles. The third kappa shape index (κ3) is 4.63. The minimum Gasteiger partial charge on any atom is -0.444 e. The average molecular weight is 287 g/mol. The maximum atomic E-state index is 12.4. The van der Waals surface area contributed by atoms with Gasteiger partial charge < -0.3 is 14.2 Å². The Hall–Kier alpha value is -0.810. The summed E-state index contributed by atoms with van der Waals surface area (Å²) in [7, 11) is 1.70. The summed E-state index contributed by atoms with van der Waals surface area (Å²) in [5.41, 5.74) is -1.12. The predicted molar refractivity (Wildman–Crippen MR) is 77.6 cm³/mol. The van der Waals surface area contributed by atoms with Crippen LogP contribution in [-0.2, 0) is 14.2 Å². The highest BCUT2D eigenvalue weighted by molar-refractivity contribution is 5.69. The molecule has 0 spiro atoms. The Morgan fingerprint density at radius 1 is 1.45 bits per heavy atom. The maximum absolute atomic E-state index is 12.4. The normalized spacial score (nSPS) is 23.8. The molecule has 118 valence electrons. The van der Waals surface area contributed by atoms with Gasteiger partial charge in [-0.05, 0) is 54.4 Å². The van der Waals surface area contributed by atoms with Crippen molar-refractivity contribution in [2.24, 2.45) is 0 Å². The summed E-state index contributed by atoms with van der Waals surface area (Å²) >= 11 is 0. The zero-order valence-corrected chi connectivity index (χ0v) is 13.9. The topological polar surface area (TPSA) is 48.0 Å². The summed E-state index contributed by atoms with van der Waals surface area (Å²) < 4.78 is 16.5. The van der Waals surface area contributed by atoms with E-state index >= 15 is 0 Å². The molecule has 0 aromatic rings. The van der Waals surface area contributed by atoms with Gasteiger partial charge >= 0.3 is 6.09 Å². The number of hydrogen-bond donors (Lipinski definition) is 0. The van der Waals surface area contributed by atoms with Crippen LogP contribution >= 0.6 is 0 Å². The fourth-order valence-corrected chi connectivity index (χ4v) is 2.32. The van der Waals surface area contributed by atoms with Crippen molar-refractivity contribution in [2.45, 2.75) is 77.9 Å². The second kappa shape index (κ2) is 6.31. The zero-order chi connectivity index (χ0) is 15.6.